The zero-order valence-corrected chi connectivity index (χ0v) is 16.5. The fraction of sp³-hybridized carbons (Fsp3) is 0.632. The highest BCUT2D eigenvalue weighted by molar-refractivity contribution is 6.30. The molecule has 5 nitrogen and oxygen atoms in total. The summed E-state index contributed by atoms with van der Waals surface area (Å²) in [5, 5.41) is 3.50. The summed E-state index contributed by atoms with van der Waals surface area (Å²) >= 11 is 5.76. The molecule has 0 unspecified atom stereocenters. The van der Waals surface area contributed by atoms with E-state index in [9.17, 15) is 9.18 Å². The number of carbonyl (C=O) groups is 1. The fourth-order valence-electron chi connectivity index (χ4n) is 3.61. The summed E-state index contributed by atoms with van der Waals surface area (Å²) in [7, 11) is 0. The molecule has 1 atom stereocenters. The van der Waals surface area contributed by atoms with Crippen molar-refractivity contribution in [2.45, 2.75) is 32.4 Å². The van der Waals surface area contributed by atoms with Gasteiger partial charge in [0, 0.05) is 57.0 Å². The molecule has 1 amide bonds. The van der Waals surface area contributed by atoms with E-state index in [-0.39, 0.29) is 22.5 Å². The number of nitrogens with zero attached hydrogens (tertiary/aromatic N) is 3. The molecule has 1 N–H and O–H groups in total. The van der Waals surface area contributed by atoms with Crippen LogP contribution in [0.25, 0.3) is 0 Å². The van der Waals surface area contributed by atoms with Crippen molar-refractivity contribution < 1.29 is 9.18 Å². The van der Waals surface area contributed by atoms with Gasteiger partial charge in [-0.05, 0) is 39.0 Å². The van der Waals surface area contributed by atoms with Crippen LogP contribution in [0.3, 0.4) is 0 Å². The van der Waals surface area contributed by atoms with E-state index in [0.29, 0.717) is 26.2 Å². The second-order valence-corrected chi connectivity index (χ2v) is 8.44. The van der Waals surface area contributed by atoms with Gasteiger partial charge in [-0.2, -0.15) is 0 Å². The van der Waals surface area contributed by atoms with E-state index >= 15 is 0 Å². The van der Waals surface area contributed by atoms with Crippen LogP contribution in [0, 0.1) is 5.82 Å². The van der Waals surface area contributed by atoms with E-state index in [2.05, 4.69) is 35.9 Å². The Balaban J connectivity index is 1.57. The van der Waals surface area contributed by atoms with Crippen LogP contribution in [0.15, 0.2) is 18.2 Å². The maximum atomic E-state index is 13.7. The van der Waals surface area contributed by atoms with Gasteiger partial charge in [0.15, 0.2) is 0 Å². The minimum absolute atomic E-state index is 0.0674. The third-order valence-electron chi connectivity index (χ3n) is 5.28. The molecule has 0 aromatic heterocycles. The van der Waals surface area contributed by atoms with Gasteiger partial charge in [0.1, 0.15) is 5.82 Å². The first-order valence-corrected chi connectivity index (χ1v) is 9.61. The number of hydrogen-bond donors (Lipinski definition) is 1. The number of rotatable bonds is 2. The van der Waals surface area contributed by atoms with Gasteiger partial charge in [0.25, 0.3) is 0 Å². The molecule has 2 heterocycles. The van der Waals surface area contributed by atoms with Gasteiger partial charge < -0.3 is 15.1 Å². The molecule has 3 rings (SSSR count). The van der Waals surface area contributed by atoms with Crippen molar-refractivity contribution >= 4 is 23.2 Å². The summed E-state index contributed by atoms with van der Waals surface area (Å²) in [6.45, 7) is 11.8. The molecular formula is C19H28ClFN4O. The topological polar surface area (TPSA) is 38.8 Å². The molecule has 144 valence electrons. The van der Waals surface area contributed by atoms with Crippen molar-refractivity contribution in [2.24, 2.45) is 0 Å². The van der Waals surface area contributed by atoms with Crippen molar-refractivity contribution in [3.05, 3.63) is 29.0 Å². The van der Waals surface area contributed by atoms with Crippen LogP contribution in [-0.4, -0.2) is 73.1 Å². The van der Waals surface area contributed by atoms with Crippen molar-refractivity contribution in [1.82, 2.24) is 15.1 Å². The lowest BCUT2D eigenvalue weighted by molar-refractivity contribution is -0.135. The quantitative estimate of drug-likeness (QED) is 0.851. The zero-order chi connectivity index (χ0) is 18.9. The second-order valence-electron chi connectivity index (χ2n) is 8.03. The lowest BCUT2D eigenvalue weighted by Gasteiger charge is -2.43. The monoisotopic (exact) mass is 382 g/mol. The van der Waals surface area contributed by atoms with Crippen LogP contribution in [0.2, 0.25) is 5.02 Å². The molecule has 1 aromatic carbocycles. The maximum Gasteiger partial charge on any atom is 0.241 e. The third-order valence-corrected chi connectivity index (χ3v) is 5.59. The molecule has 2 aliphatic rings. The minimum atomic E-state index is -0.406. The summed E-state index contributed by atoms with van der Waals surface area (Å²) in [5.74, 6) is -0.239. The Hall–Kier alpha value is -1.37. The fourth-order valence-corrected chi connectivity index (χ4v) is 3.73. The van der Waals surface area contributed by atoms with E-state index in [1.165, 1.54) is 6.07 Å². The smallest absolute Gasteiger partial charge is 0.241 e. The van der Waals surface area contributed by atoms with Crippen LogP contribution in [0.4, 0.5) is 10.1 Å². The summed E-state index contributed by atoms with van der Waals surface area (Å²) in [5.41, 5.74) is 0.881. The van der Waals surface area contributed by atoms with Gasteiger partial charge in [-0.1, -0.05) is 11.6 Å². The molecule has 0 spiro atoms. The van der Waals surface area contributed by atoms with Crippen LogP contribution in [0.1, 0.15) is 20.8 Å². The van der Waals surface area contributed by atoms with Crippen molar-refractivity contribution in [2.75, 3.05) is 50.7 Å². The standard InChI is InChI=1S/C19H28ClFN4O/c1-19(2,3)25-7-6-22-17(13-25)18(26)24-10-8-23(9-11-24)14-4-5-15(20)16(21)12-14/h4-5,12,17,22H,6-11,13H2,1-3H3/t17-/m1/s1. The number of carbonyl (C=O) groups excluding carboxylic acids is 1. The van der Waals surface area contributed by atoms with Gasteiger partial charge in [-0.3, -0.25) is 9.69 Å². The van der Waals surface area contributed by atoms with E-state index in [1.54, 1.807) is 6.07 Å². The Labute approximate surface area is 160 Å². The molecule has 2 fully saturated rings. The largest absolute Gasteiger partial charge is 0.368 e. The summed E-state index contributed by atoms with van der Waals surface area (Å²) < 4.78 is 13.7. The van der Waals surface area contributed by atoms with Gasteiger partial charge in [-0.25, -0.2) is 4.39 Å². The van der Waals surface area contributed by atoms with Crippen LogP contribution < -0.4 is 10.2 Å². The number of nitrogens with one attached hydrogen (secondary N) is 1. The number of piperazine rings is 2. The van der Waals surface area contributed by atoms with E-state index in [0.717, 1.165) is 25.3 Å². The average Bonchev–Trinajstić information content (AvgIpc) is 2.63. The predicted octanol–water partition coefficient (Wildman–Crippen LogP) is 2.20. The van der Waals surface area contributed by atoms with Crippen molar-refractivity contribution in [3.8, 4) is 0 Å². The number of hydrogen-bond acceptors (Lipinski definition) is 4. The van der Waals surface area contributed by atoms with Crippen molar-refractivity contribution in [3.63, 3.8) is 0 Å². The SMILES string of the molecule is CC(C)(C)N1CCN[C@@H](C(=O)N2CCN(c3ccc(Cl)c(F)c3)CC2)C1. The minimum Gasteiger partial charge on any atom is -0.368 e. The van der Waals surface area contributed by atoms with E-state index < -0.39 is 5.82 Å². The maximum absolute atomic E-state index is 13.7. The van der Waals surface area contributed by atoms with E-state index in [1.807, 2.05) is 11.0 Å². The summed E-state index contributed by atoms with van der Waals surface area (Å²) in [6, 6.07) is 4.72. The Morgan fingerprint density at radius 3 is 2.50 bits per heavy atom. The summed E-state index contributed by atoms with van der Waals surface area (Å²) in [6.07, 6.45) is 0. The molecule has 0 saturated carbocycles. The first kappa shape index (κ1) is 19.4. The molecule has 26 heavy (non-hydrogen) atoms. The highest BCUT2D eigenvalue weighted by Gasteiger charge is 2.34. The lowest BCUT2D eigenvalue weighted by atomic mass is 10.0. The molecule has 1 aromatic rings. The Kier molecular flexibility index (Phi) is 5.75. The molecule has 0 radical (unpaired) electrons. The Morgan fingerprint density at radius 2 is 1.88 bits per heavy atom. The van der Waals surface area contributed by atoms with Gasteiger partial charge in [-0.15, -0.1) is 0 Å². The lowest BCUT2D eigenvalue weighted by Crippen LogP contribution is -2.63. The van der Waals surface area contributed by atoms with Crippen LogP contribution >= 0.6 is 11.6 Å². The predicted molar refractivity (Wildman–Crippen MR) is 103 cm³/mol. The highest BCUT2D eigenvalue weighted by Crippen LogP contribution is 2.23. The second kappa shape index (κ2) is 7.71. The Bertz CT molecular complexity index is 655. The number of anilines is 1. The highest BCUT2D eigenvalue weighted by atomic mass is 35.5. The number of amides is 1. The van der Waals surface area contributed by atoms with Crippen LogP contribution in [0.5, 0.6) is 0 Å². The molecule has 7 heteroatoms. The van der Waals surface area contributed by atoms with Crippen molar-refractivity contribution in [1.29, 1.82) is 0 Å². The molecular weight excluding hydrogens is 355 g/mol. The molecule has 0 aliphatic carbocycles. The first-order chi connectivity index (χ1) is 12.3. The van der Waals surface area contributed by atoms with Crippen LogP contribution in [-0.2, 0) is 4.79 Å². The molecule has 0 bridgehead atoms. The summed E-state index contributed by atoms with van der Waals surface area (Å²) in [4.78, 5) is 19.3. The first-order valence-electron chi connectivity index (χ1n) is 9.23. The number of benzene rings is 1. The number of halogens is 2. The van der Waals surface area contributed by atoms with E-state index in [4.69, 9.17) is 11.6 Å². The van der Waals surface area contributed by atoms with Gasteiger partial charge >= 0.3 is 0 Å². The molecule has 2 aliphatic heterocycles. The molecule has 2 saturated heterocycles. The average molecular weight is 383 g/mol. The van der Waals surface area contributed by atoms with Gasteiger partial charge in [0.2, 0.25) is 5.91 Å². The zero-order valence-electron chi connectivity index (χ0n) is 15.8. The van der Waals surface area contributed by atoms with Gasteiger partial charge in [0.05, 0.1) is 11.1 Å². The normalized spacial score (nSPS) is 22.6. The third kappa shape index (κ3) is 4.30. The Morgan fingerprint density at radius 1 is 1.19 bits per heavy atom.